The van der Waals surface area contributed by atoms with E-state index in [-0.39, 0.29) is 0 Å². The summed E-state index contributed by atoms with van der Waals surface area (Å²) in [6, 6.07) is 11.7. The molecule has 0 saturated heterocycles. The van der Waals surface area contributed by atoms with Crippen LogP contribution in [0.1, 0.15) is 22.4 Å². The van der Waals surface area contributed by atoms with Crippen LogP contribution in [0, 0.1) is 13.8 Å². The van der Waals surface area contributed by atoms with Gasteiger partial charge in [-0.25, -0.2) is 9.97 Å². The van der Waals surface area contributed by atoms with Gasteiger partial charge in [-0.2, -0.15) is 0 Å². The normalized spacial score (nSPS) is 10.5. The van der Waals surface area contributed by atoms with Crippen LogP contribution in [-0.2, 0) is 13.2 Å². The van der Waals surface area contributed by atoms with E-state index in [1.54, 1.807) is 12.3 Å². The lowest BCUT2D eigenvalue weighted by atomic mass is 10.1. The van der Waals surface area contributed by atoms with E-state index in [1.807, 2.05) is 32.0 Å². The molecule has 0 atom stereocenters. The molecule has 0 aliphatic rings. The van der Waals surface area contributed by atoms with Crippen LogP contribution >= 0.6 is 11.6 Å². The summed E-state index contributed by atoms with van der Waals surface area (Å²) >= 11 is 5.87. The molecular weight excluding hydrogens is 336 g/mol. The van der Waals surface area contributed by atoms with Crippen molar-refractivity contribution in [3.8, 4) is 5.75 Å². The SMILES string of the molecule is Cc1cc(CNc2cc(Cl)ncn2)cc(C)c1OCc1ccccn1. The monoisotopic (exact) mass is 354 g/mol. The van der Waals surface area contributed by atoms with Gasteiger partial charge >= 0.3 is 0 Å². The molecule has 0 amide bonds. The maximum Gasteiger partial charge on any atom is 0.134 e. The topological polar surface area (TPSA) is 59.9 Å². The summed E-state index contributed by atoms with van der Waals surface area (Å²) < 4.78 is 5.97. The first-order valence-corrected chi connectivity index (χ1v) is 8.34. The van der Waals surface area contributed by atoms with E-state index in [1.165, 1.54) is 6.33 Å². The van der Waals surface area contributed by atoms with E-state index >= 15 is 0 Å². The second-order valence-corrected chi connectivity index (χ2v) is 6.14. The van der Waals surface area contributed by atoms with E-state index in [0.717, 1.165) is 28.1 Å². The zero-order valence-electron chi connectivity index (χ0n) is 14.2. The maximum absolute atomic E-state index is 5.97. The van der Waals surface area contributed by atoms with Gasteiger partial charge in [0.05, 0.1) is 5.69 Å². The first-order chi connectivity index (χ1) is 12.1. The smallest absolute Gasteiger partial charge is 0.134 e. The molecule has 0 fully saturated rings. The minimum Gasteiger partial charge on any atom is -0.487 e. The number of rotatable bonds is 6. The van der Waals surface area contributed by atoms with Crippen LogP contribution < -0.4 is 10.1 Å². The van der Waals surface area contributed by atoms with Gasteiger partial charge in [-0.1, -0.05) is 29.8 Å². The number of hydrogen-bond acceptors (Lipinski definition) is 5. The van der Waals surface area contributed by atoms with E-state index in [9.17, 15) is 0 Å². The van der Waals surface area contributed by atoms with Crippen LogP contribution in [0.5, 0.6) is 5.75 Å². The Kier molecular flexibility index (Phi) is 5.46. The Morgan fingerprint density at radius 2 is 1.84 bits per heavy atom. The zero-order chi connectivity index (χ0) is 17.6. The van der Waals surface area contributed by atoms with Crippen molar-refractivity contribution in [1.82, 2.24) is 15.0 Å². The van der Waals surface area contributed by atoms with Gasteiger partial charge in [0, 0.05) is 18.8 Å². The van der Waals surface area contributed by atoms with Crippen molar-refractivity contribution >= 4 is 17.4 Å². The van der Waals surface area contributed by atoms with Crippen molar-refractivity contribution in [3.05, 3.63) is 76.5 Å². The van der Waals surface area contributed by atoms with E-state index in [2.05, 4.69) is 32.4 Å². The molecule has 6 heteroatoms. The van der Waals surface area contributed by atoms with Crippen LogP contribution in [0.4, 0.5) is 5.82 Å². The predicted octanol–water partition coefficient (Wildman–Crippen LogP) is 4.33. The van der Waals surface area contributed by atoms with Gasteiger partial charge in [-0.15, -0.1) is 0 Å². The molecule has 2 heterocycles. The van der Waals surface area contributed by atoms with Crippen molar-refractivity contribution in [2.75, 3.05) is 5.32 Å². The van der Waals surface area contributed by atoms with Crippen LogP contribution in [0.3, 0.4) is 0 Å². The predicted molar refractivity (Wildman–Crippen MR) is 98.9 cm³/mol. The minimum atomic E-state index is 0.420. The molecule has 0 saturated carbocycles. The molecule has 3 rings (SSSR count). The molecular formula is C19H19ClN4O. The van der Waals surface area contributed by atoms with Gasteiger partial charge < -0.3 is 10.1 Å². The Hall–Kier alpha value is -2.66. The average Bonchev–Trinajstić information content (AvgIpc) is 2.60. The summed E-state index contributed by atoms with van der Waals surface area (Å²) in [7, 11) is 0. The fourth-order valence-electron chi connectivity index (χ4n) is 2.62. The summed E-state index contributed by atoms with van der Waals surface area (Å²) in [5.41, 5.74) is 4.24. The largest absolute Gasteiger partial charge is 0.487 e. The zero-order valence-corrected chi connectivity index (χ0v) is 14.9. The second-order valence-electron chi connectivity index (χ2n) is 5.75. The van der Waals surface area contributed by atoms with Crippen LogP contribution in [0.25, 0.3) is 0 Å². The molecule has 0 bridgehead atoms. The summed E-state index contributed by atoms with van der Waals surface area (Å²) in [4.78, 5) is 12.3. The number of halogens is 1. The Balaban J connectivity index is 1.67. The fourth-order valence-corrected chi connectivity index (χ4v) is 2.77. The van der Waals surface area contributed by atoms with Crippen LogP contribution in [0.15, 0.2) is 48.9 Å². The molecule has 1 aromatic carbocycles. The fraction of sp³-hybridized carbons (Fsp3) is 0.211. The van der Waals surface area contributed by atoms with Crippen molar-refractivity contribution in [2.45, 2.75) is 27.0 Å². The van der Waals surface area contributed by atoms with Crippen LogP contribution in [0.2, 0.25) is 5.15 Å². The van der Waals surface area contributed by atoms with Gasteiger partial charge in [-0.3, -0.25) is 4.98 Å². The number of anilines is 1. The highest BCUT2D eigenvalue weighted by Gasteiger charge is 2.08. The summed E-state index contributed by atoms with van der Waals surface area (Å²) in [6.07, 6.45) is 3.21. The third kappa shape index (κ3) is 4.67. The molecule has 2 aromatic heterocycles. The van der Waals surface area contributed by atoms with Gasteiger partial charge in [0.1, 0.15) is 29.7 Å². The molecule has 0 aliphatic carbocycles. The van der Waals surface area contributed by atoms with E-state index in [0.29, 0.717) is 24.1 Å². The lowest BCUT2D eigenvalue weighted by Crippen LogP contribution is -2.04. The first-order valence-electron chi connectivity index (χ1n) is 7.96. The molecule has 5 nitrogen and oxygen atoms in total. The van der Waals surface area contributed by atoms with Crippen molar-refractivity contribution in [2.24, 2.45) is 0 Å². The number of nitrogens with one attached hydrogen (secondary N) is 1. The number of hydrogen-bond donors (Lipinski definition) is 1. The Labute approximate surface area is 152 Å². The maximum atomic E-state index is 5.97. The third-order valence-electron chi connectivity index (χ3n) is 3.72. The summed E-state index contributed by atoms with van der Waals surface area (Å²) in [6.45, 7) is 5.20. The Morgan fingerprint density at radius 3 is 2.52 bits per heavy atom. The van der Waals surface area contributed by atoms with Gasteiger partial charge in [0.15, 0.2) is 0 Å². The highest BCUT2D eigenvalue weighted by atomic mass is 35.5. The average molecular weight is 355 g/mol. The van der Waals surface area contributed by atoms with Crippen molar-refractivity contribution in [3.63, 3.8) is 0 Å². The number of nitrogens with zero attached hydrogens (tertiary/aromatic N) is 3. The number of aryl methyl sites for hydroxylation is 2. The highest BCUT2D eigenvalue weighted by Crippen LogP contribution is 2.26. The first kappa shape index (κ1) is 17.2. The molecule has 3 aromatic rings. The Bertz CT molecular complexity index is 832. The number of benzene rings is 1. The Morgan fingerprint density at radius 1 is 1.04 bits per heavy atom. The lowest BCUT2D eigenvalue weighted by Gasteiger charge is -2.14. The minimum absolute atomic E-state index is 0.420. The third-order valence-corrected chi connectivity index (χ3v) is 3.92. The quantitative estimate of drug-likeness (QED) is 0.667. The summed E-state index contributed by atoms with van der Waals surface area (Å²) in [5.74, 6) is 1.60. The molecule has 128 valence electrons. The molecule has 0 aliphatic heterocycles. The summed E-state index contributed by atoms with van der Waals surface area (Å²) in [5, 5.41) is 3.67. The standard InChI is InChI=1S/C19H19ClN4O/c1-13-7-15(10-22-18-9-17(20)23-12-24-18)8-14(2)19(13)25-11-16-5-3-4-6-21-16/h3-9,12H,10-11H2,1-2H3,(H,22,23,24). The number of pyridine rings is 1. The number of aromatic nitrogens is 3. The van der Waals surface area contributed by atoms with Gasteiger partial charge in [0.25, 0.3) is 0 Å². The van der Waals surface area contributed by atoms with E-state index in [4.69, 9.17) is 16.3 Å². The second kappa shape index (κ2) is 7.94. The van der Waals surface area contributed by atoms with Crippen LogP contribution in [-0.4, -0.2) is 15.0 Å². The van der Waals surface area contributed by atoms with Gasteiger partial charge in [-0.05, 0) is 42.7 Å². The highest BCUT2D eigenvalue weighted by molar-refractivity contribution is 6.29. The lowest BCUT2D eigenvalue weighted by molar-refractivity contribution is 0.297. The van der Waals surface area contributed by atoms with Gasteiger partial charge in [0.2, 0.25) is 0 Å². The van der Waals surface area contributed by atoms with E-state index < -0.39 is 0 Å². The van der Waals surface area contributed by atoms with Crippen molar-refractivity contribution in [1.29, 1.82) is 0 Å². The molecule has 0 unspecified atom stereocenters. The molecule has 1 N–H and O–H groups in total. The van der Waals surface area contributed by atoms with Crippen molar-refractivity contribution < 1.29 is 4.74 Å². The number of ether oxygens (including phenoxy) is 1. The molecule has 0 radical (unpaired) electrons. The molecule has 25 heavy (non-hydrogen) atoms. The molecule has 0 spiro atoms.